The fourth-order valence-electron chi connectivity index (χ4n) is 3.57. The zero-order valence-electron chi connectivity index (χ0n) is 15.4. The Morgan fingerprint density at radius 2 is 1.89 bits per heavy atom. The number of hydrogen-bond acceptors (Lipinski definition) is 6. The Morgan fingerprint density at radius 1 is 1.11 bits per heavy atom. The lowest BCUT2D eigenvalue weighted by Crippen LogP contribution is -2.44. The predicted octanol–water partition coefficient (Wildman–Crippen LogP) is 4.69. The molecule has 0 spiro atoms. The Balaban J connectivity index is 1.22. The van der Waals surface area contributed by atoms with E-state index in [1.165, 1.54) is 12.1 Å². The molecule has 0 radical (unpaired) electrons. The number of aliphatic hydroxyl groups excluding tert-OH is 1. The van der Waals surface area contributed by atoms with Gasteiger partial charge in [-0.15, -0.1) is 0 Å². The van der Waals surface area contributed by atoms with Gasteiger partial charge in [0.15, 0.2) is 0 Å². The van der Waals surface area contributed by atoms with E-state index >= 15 is 0 Å². The number of rotatable bonds is 6. The highest BCUT2D eigenvalue weighted by Crippen LogP contribution is 2.38. The molecule has 0 bridgehead atoms. The van der Waals surface area contributed by atoms with Crippen LogP contribution in [0.3, 0.4) is 0 Å². The molecule has 0 amide bonds. The van der Waals surface area contributed by atoms with Crippen LogP contribution in [0.2, 0.25) is 10.0 Å². The normalized spacial score (nSPS) is 18.6. The molecule has 4 rings (SSSR count). The first kappa shape index (κ1) is 20.0. The lowest BCUT2D eigenvalue weighted by Gasteiger charge is -2.34. The van der Waals surface area contributed by atoms with Crippen LogP contribution in [0.1, 0.15) is 12.8 Å². The van der Waals surface area contributed by atoms with Gasteiger partial charge in [-0.3, -0.25) is 4.31 Å². The van der Waals surface area contributed by atoms with Crippen molar-refractivity contribution in [3.05, 3.63) is 52.5 Å². The SMILES string of the molecule is O[C@@H](CN1CCC(Oc2ccc(Cl)c(Cl)c2)CC1)CN1SNc2ccccc21. The Morgan fingerprint density at radius 3 is 2.68 bits per heavy atom. The van der Waals surface area contributed by atoms with Crippen molar-refractivity contribution in [3.63, 3.8) is 0 Å². The molecule has 0 unspecified atom stereocenters. The molecule has 2 aliphatic rings. The van der Waals surface area contributed by atoms with Gasteiger partial charge in [-0.05, 0) is 37.1 Å². The highest BCUT2D eigenvalue weighted by Gasteiger charge is 2.25. The molecule has 150 valence electrons. The van der Waals surface area contributed by atoms with Gasteiger partial charge < -0.3 is 19.5 Å². The number of ether oxygens (including phenoxy) is 1. The molecule has 2 N–H and O–H groups in total. The van der Waals surface area contributed by atoms with Crippen LogP contribution in [-0.2, 0) is 0 Å². The maximum atomic E-state index is 10.6. The second-order valence-electron chi connectivity index (χ2n) is 7.12. The molecule has 1 saturated heterocycles. The maximum Gasteiger partial charge on any atom is 0.121 e. The van der Waals surface area contributed by atoms with E-state index in [1.54, 1.807) is 12.1 Å². The smallest absolute Gasteiger partial charge is 0.121 e. The largest absolute Gasteiger partial charge is 0.490 e. The van der Waals surface area contributed by atoms with Crippen molar-refractivity contribution in [1.82, 2.24) is 4.90 Å². The average molecular weight is 440 g/mol. The van der Waals surface area contributed by atoms with Crippen molar-refractivity contribution in [1.29, 1.82) is 0 Å². The van der Waals surface area contributed by atoms with Gasteiger partial charge in [0.25, 0.3) is 0 Å². The second-order valence-corrected chi connectivity index (χ2v) is 8.76. The van der Waals surface area contributed by atoms with Crippen LogP contribution in [0.5, 0.6) is 5.75 Å². The lowest BCUT2D eigenvalue weighted by molar-refractivity contribution is 0.0646. The molecule has 0 saturated carbocycles. The molecule has 2 aromatic carbocycles. The fourth-order valence-corrected chi connectivity index (χ4v) is 4.74. The summed E-state index contributed by atoms with van der Waals surface area (Å²) in [4.78, 5) is 2.30. The van der Waals surface area contributed by atoms with Crippen molar-refractivity contribution in [2.75, 3.05) is 35.2 Å². The molecule has 0 aliphatic carbocycles. The van der Waals surface area contributed by atoms with Gasteiger partial charge in [-0.2, -0.15) is 0 Å². The van der Waals surface area contributed by atoms with Crippen LogP contribution in [0.15, 0.2) is 42.5 Å². The molecular weight excluding hydrogens is 417 g/mol. The molecule has 0 aromatic heterocycles. The van der Waals surface area contributed by atoms with E-state index in [2.05, 4.69) is 20.0 Å². The highest BCUT2D eigenvalue weighted by molar-refractivity contribution is 8.02. The quantitative estimate of drug-likeness (QED) is 0.636. The number of hydrogen-bond donors (Lipinski definition) is 2. The van der Waals surface area contributed by atoms with Crippen molar-refractivity contribution >= 4 is 46.7 Å². The minimum absolute atomic E-state index is 0.163. The molecule has 1 atom stereocenters. The topological polar surface area (TPSA) is 48.0 Å². The molecule has 1 fully saturated rings. The van der Waals surface area contributed by atoms with E-state index in [0.717, 1.165) is 43.1 Å². The number of anilines is 2. The monoisotopic (exact) mass is 439 g/mol. The van der Waals surface area contributed by atoms with Crippen molar-refractivity contribution in [2.45, 2.75) is 25.0 Å². The first-order valence-electron chi connectivity index (χ1n) is 9.40. The van der Waals surface area contributed by atoms with Crippen molar-refractivity contribution < 1.29 is 9.84 Å². The van der Waals surface area contributed by atoms with Gasteiger partial charge in [0.1, 0.15) is 11.9 Å². The van der Waals surface area contributed by atoms with Crippen LogP contribution in [0, 0.1) is 0 Å². The number of piperidine rings is 1. The van der Waals surface area contributed by atoms with Crippen LogP contribution in [-0.4, -0.2) is 48.4 Å². The number of nitrogens with zero attached hydrogens (tertiary/aromatic N) is 2. The number of aliphatic hydroxyl groups is 1. The molecule has 8 heteroatoms. The molecule has 2 aliphatic heterocycles. The molecule has 2 aromatic rings. The summed E-state index contributed by atoms with van der Waals surface area (Å²) in [5, 5.41) is 11.6. The fraction of sp³-hybridized carbons (Fsp3) is 0.400. The standard InChI is InChI=1S/C20H23Cl2N3O2S/c21-17-6-5-16(11-18(17)22)27-15-7-9-24(10-8-15)12-14(26)13-25-20-4-2-1-3-19(20)23-28-25/h1-6,11,14-15,23,26H,7-10,12-13H2/t14-/m0/s1. The summed E-state index contributed by atoms with van der Waals surface area (Å²) < 4.78 is 11.4. The summed E-state index contributed by atoms with van der Waals surface area (Å²) >= 11 is 13.5. The number of β-amino-alcohol motifs (C(OH)–C–C–N with tert-alkyl or cyclic N) is 1. The summed E-state index contributed by atoms with van der Waals surface area (Å²) in [5.74, 6) is 0.755. The Labute approximate surface area is 179 Å². The van der Waals surface area contributed by atoms with E-state index in [0.29, 0.717) is 23.1 Å². The number of likely N-dealkylation sites (tertiary alicyclic amines) is 1. The molecular formula is C20H23Cl2N3O2S. The minimum Gasteiger partial charge on any atom is -0.490 e. The first-order chi connectivity index (χ1) is 13.6. The third-order valence-electron chi connectivity index (χ3n) is 5.01. The zero-order valence-corrected chi connectivity index (χ0v) is 17.7. The van der Waals surface area contributed by atoms with E-state index < -0.39 is 6.10 Å². The molecule has 5 nitrogen and oxygen atoms in total. The summed E-state index contributed by atoms with van der Waals surface area (Å²) in [6.07, 6.45) is 1.61. The number of nitrogens with one attached hydrogen (secondary N) is 1. The summed E-state index contributed by atoms with van der Waals surface area (Å²) in [6.45, 7) is 3.07. The number of para-hydroxylation sites is 2. The number of fused-ring (bicyclic) bond motifs is 1. The first-order valence-corrected chi connectivity index (χ1v) is 10.9. The van der Waals surface area contributed by atoms with Gasteiger partial charge in [0, 0.05) is 25.7 Å². The van der Waals surface area contributed by atoms with Crippen molar-refractivity contribution in [3.8, 4) is 5.75 Å². The van der Waals surface area contributed by atoms with E-state index in [4.69, 9.17) is 27.9 Å². The van der Waals surface area contributed by atoms with Gasteiger partial charge in [-0.25, -0.2) is 0 Å². The van der Waals surface area contributed by atoms with Gasteiger partial charge in [0.2, 0.25) is 0 Å². The number of halogens is 2. The van der Waals surface area contributed by atoms with Gasteiger partial charge >= 0.3 is 0 Å². The Kier molecular flexibility index (Phi) is 6.43. The van der Waals surface area contributed by atoms with Gasteiger partial charge in [0.05, 0.1) is 46.2 Å². The third-order valence-corrected chi connectivity index (χ3v) is 6.63. The third kappa shape index (κ3) is 4.81. The highest BCUT2D eigenvalue weighted by atomic mass is 35.5. The average Bonchev–Trinajstić information content (AvgIpc) is 3.09. The van der Waals surface area contributed by atoms with E-state index in [-0.39, 0.29) is 6.10 Å². The summed E-state index contributed by atoms with van der Waals surface area (Å²) in [7, 11) is 0. The lowest BCUT2D eigenvalue weighted by atomic mass is 10.1. The van der Waals surface area contributed by atoms with Crippen LogP contribution < -0.4 is 13.8 Å². The Hall–Kier alpha value is -1.31. The van der Waals surface area contributed by atoms with Gasteiger partial charge in [-0.1, -0.05) is 35.3 Å². The number of benzene rings is 2. The minimum atomic E-state index is -0.409. The van der Waals surface area contributed by atoms with Crippen LogP contribution >= 0.6 is 35.3 Å². The predicted molar refractivity (Wildman–Crippen MR) is 118 cm³/mol. The molecule has 2 heterocycles. The summed E-state index contributed by atoms with van der Waals surface area (Å²) in [5.41, 5.74) is 2.22. The van der Waals surface area contributed by atoms with Crippen LogP contribution in [0.25, 0.3) is 0 Å². The van der Waals surface area contributed by atoms with Crippen LogP contribution in [0.4, 0.5) is 11.4 Å². The maximum absolute atomic E-state index is 10.6. The summed E-state index contributed by atoms with van der Waals surface area (Å²) in [6, 6.07) is 13.5. The zero-order chi connectivity index (χ0) is 19.5. The molecule has 28 heavy (non-hydrogen) atoms. The van der Waals surface area contributed by atoms with E-state index in [1.807, 2.05) is 24.3 Å². The van der Waals surface area contributed by atoms with E-state index in [9.17, 15) is 5.11 Å². The van der Waals surface area contributed by atoms with Crippen molar-refractivity contribution in [2.24, 2.45) is 0 Å². The Bertz CT molecular complexity index is 818. The second kappa shape index (κ2) is 9.01.